The van der Waals surface area contributed by atoms with Gasteiger partial charge in [-0.2, -0.15) is 13.2 Å². The van der Waals surface area contributed by atoms with Gasteiger partial charge in [-0.1, -0.05) is 0 Å². The number of alkyl halides is 3. The lowest BCUT2D eigenvalue weighted by atomic mass is 10.3. The van der Waals surface area contributed by atoms with Crippen molar-refractivity contribution in [3.05, 3.63) is 0 Å². The Labute approximate surface area is 69.9 Å². The number of rotatable bonds is 3. The van der Waals surface area contributed by atoms with Crippen LogP contribution in [-0.4, -0.2) is 24.7 Å². The Balaban J connectivity index is 3.85. The fraction of sp³-hybridized carbons (Fsp3) is 0.800. The predicted molar refractivity (Wildman–Crippen MR) is 39.3 cm³/mol. The second-order valence-electron chi connectivity index (χ2n) is 2.21. The second kappa shape index (κ2) is 4.62. The molecule has 0 fully saturated rings. The van der Waals surface area contributed by atoms with Gasteiger partial charge in [0.05, 0.1) is 6.61 Å². The predicted octanol–water partition coefficient (Wildman–Crippen LogP) is 0.860. The Bertz CT molecular complexity index is 161. The van der Waals surface area contributed by atoms with E-state index < -0.39 is 18.1 Å². The van der Waals surface area contributed by atoms with Crippen molar-refractivity contribution in [1.29, 1.82) is 0 Å². The van der Waals surface area contributed by atoms with Gasteiger partial charge in [0.2, 0.25) is 0 Å². The van der Waals surface area contributed by atoms with E-state index in [9.17, 15) is 18.0 Å². The van der Waals surface area contributed by atoms with Gasteiger partial charge in [0, 0.05) is 15.5 Å². The maximum atomic E-state index is 11.6. The Hall–Kier alpha value is -0.350. The third-order valence-electron chi connectivity index (χ3n) is 0.981. The summed E-state index contributed by atoms with van der Waals surface area (Å²) in [6.45, 7) is 1.43. The normalized spacial score (nSPS) is 14.1. The number of hydrogen-bond acceptors (Lipinski definition) is 2. The van der Waals surface area contributed by atoms with Crippen molar-refractivity contribution in [3.8, 4) is 0 Å². The summed E-state index contributed by atoms with van der Waals surface area (Å²) in [7, 11) is 1.88. The number of amides is 1. The molecule has 72 valence electrons. The first kappa shape index (κ1) is 11.6. The molecule has 0 aliphatic carbocycles. The molecule has 0 heterocycles. The minimum absolute atomic E-state index is 0.0203. The number of halogens is 3. The van der Waals surface area contributed by atoms with Gasteiger partial charge in [-0.05, 0) is 6.92 Å². The van der Waals surface area contributed by atoms with Crippen LogP contribution < -0.4 is 5.32 Å². The third kappa shape index (κ3) is 4.51. The molecule has 12 heavy (non-hydrogen) atoms. The summed E-state index contributed by atoms with van der Waals surface area (Å²) in [6.07, 6.45) is -4.82. The van der Waals surface area contributed by atoms with E-state index in [0.29, 0.717) is 0 Å². The van der Waals surface area contributed by atoms with Crippen molar-refractivity contribution in [1.82, 2.24) is 5.32 Å². The zero-order valence-electron chi connectivity index (χ0n) is 6.31. The Morgan fingerprint density at radius 3 is 2.50 bits per heavy atom. The lowest BCUT2D eigenvalue weighted by molar-refractivity contribution is -0.174. The summed E-state index contributed by atoms with van der Waals surface area (Å²) < 4.78 is 39.2. The Kier molecular flexibility index (Phi) is 4.49. The van der Waals surface area contributed by atoms with Crippen LogP contribution in [0, 0.1) is 0 Å². The first-order valence-corrected chi connectivity index (χ1v) is 3.54. The van der Waals surface area contributed by atoms with Crippen LogP contribution >= 0.6 is 9.47 Å². The fourth-order valence-electron chi connectivity index (χ4n) is 0.492. The summed E-state index contributed by atoms with van der Waals surface area (Å²) in [5.74, 6) is -1.95. The largest absolute Gasteiger partial charge is 0.471 e. The molecule has 0 aromatic heterocycles. The van der Waals surface area contributed by atoms with E-state index in [1.807, 2.05) is 9.47 Å². The molecule has 1 N–H and O–H groups in total. The highest BCUT2D eigenvalue weighted by Gasteiger charge is 2.39. The lowest BCUT2D eigenvalue weighted by Gasteiger charge is -2.13. The molecular formula is C5H9F3NO2P. The van der Waals surface area contributed by atoms with Crippen LogP contribution in [0.5, 0.6) is 0 Å². The van der Waals surface area contributed by atoms with Crippen molar-refractivity contribution >= 4 is 15.4 Å². The molecule has 1 amide bonds. The van der Waals surface area contributed by atoms with Gasteiger partial charge in [-0.3, -0.25) is 4.79 Å². The molecule has 2 atom stereocenters. The Morgan fingerprint density at radius 2 is 2.17 bits per heavy atom. The van der Waals surface area contributed by atoms with Crippen LogP contribution in [0.1, 0.15) is 6.92 Å². The molecule has 0 aliphatic heterocycles. The molecule has 0 saturated carbocycles. The van der Waals surface area contributed by atoms with Gasteiger partial charge < -0.3 is 9.84 Å². The minimum Gasteiger partial charge on any atom is -0.364 e. The van der Waals surface area contributed by atoms with Crippen LogP contribution in [0.2, 0.25) is 0 Å². The molecule has 0 bridgehead atoms. The molecule has 0 aliphatic rings. The number of hydrogen-bond donors (Lipinski definition) is 1. The van der Waals surface area contributed by atoms with E-state index in [-0.39, 0.29) is 6.61 Å². The van der Waals surface area contributed by atoms with E-state index in [0.717, 1.165) is 0 Å². The number of carbonyl (C=O) groups excluding carboxylic acids is 1. The third-order valence-corrected chi connectivity index (χ3v) is 1.17. The molecular weight excluding hydrogens is 194 g/mol. The maximum absolute atomic E-state index is 11.6. The van der Waals surface area contributed by atoms with E-state index in [1.165, 1.54) is 6.92 Å². The van der Waals surface area contributed by atoms with Crippen molar-refractivity contribution in [3.63, 3.8) is 0 Å². The van der Waals surface area contributed by atoms with Crippen LogP contribution in [-0.2, 0) is 9.32 Å². The van der Waals surface area contributed by atoms with Crippen LogP contribution in [0.25, 0.3) is 0 Å². The average molecular weight is 203 g/mol. The quantitative estimate of drug-likeness (QED) is 0.691. The zero-order chi connectivity index (χ0) is 9.78. The molecule has 2 unspecified atom stereocenters. The first-order chi connectivity index (χ1) is 5.38. The first-order valence-electron chi connectivity index (χ1n) is 3.07. The van der Waals surface area contributed by atoms with E-state index in [1.54, 1.807) is 5.32 Å². The van der Waals surface area contributed by atoms with Gasteiger partial charge in [0.1, 0.15) is 0 Å². The molecule has 0 aromatic carbocycles. The maximum Gasteiger partial charge on any atom is 0.471 e. The average Bonchev–Trinajstić information content (AvgIpc) is 1.85. The molecule has 0 radical (unpaired) electrons. The standard InChI is InChI=1S/C5H9F3NO2P/c1-3(2-11-12)9-4(10)5(6,7)8/h3H,2,12H2,1H3,(H,9,10). The van der Waals surface area contributed by atoms with Gasteiger partial charge in [-0.25, -0.2) is 0 Å². The van der Waals surface area contributed by atoms with Crippen LogP contribution in [0.4, 0.5) is 13.2 Å². The van der Waals surface area contributed by atoms with Crippen molar-refractivity contribution < 1.29 is 22.5 Å². The molecule has 0 saturated heterocycles. The van der Waals surface area contributed by atoms with E-state index >= 15 is 0 Å². The highest BCUT2D eigenvalue weighted by Crippen LogP contribution is 2.14. The molecule has 0 aromatic rings. The molecule has 7 heteroatoms. The van der Waals surface area contributed by atoms with Gasteiger partial charge in [-0.15, -0.1) is 0 Å². The number of nitrogens with one attached hydrogen (secondary N) is 1. The topological polar surface area (TPSA) is 38.3 Å². The summed E-state index contributed by atoms with van der Waals surface area (Å²) >= 11 is 0. The summed E-state index contributed by atoms with van der Waals surface area (Å²) in [4.78, 5) is 10.3. The number of carbonyl (C=O) groups is 1. The van der Waals surface area contributed by atoms with Crippen molar-refractivity contribution in [2.75, 3.05) is 6.61 Å². The van der Waals surface area contributed by atoms with Gasteiger partial charge in [0.25, 0.3) is 0 Å². The lowest BCUT2D eigenvalue weighted by Crippen LogP contribution is -2.43. The van der Waals surface area contributed by atoms with Crippen LogP contribution in [0.3, 0.4) is 0 Å². The smallest absolute Gasteiger partial charge is 0.364 e. The van der Waals surface area contributed by atoms with Gasteiger partial charge >= 0.3 is 12.1 Å². The highest BCUT2D eigenvalue weighted by atomic mass is 31.0. The van der Waals surface area contributed by atoms with Gasteiger partial charge in [0.15, 0.2) is 0 Å². The summed E-state index contributed by atoms with van der Waals surface area (Å²) in [6, 6.07) is -0.656. The zero-order valence-corrected chi connectivity index (χ0v) is 7.47. The summed E-state index contributed by atoms with van der Waals surface area (Å²) in [5, 5.41) is 1.72. The van der Waals surface area contributed by atoms with Crippen molar-refractivity contribution in [2.24, 2.45) is 0 Å². The van der Waals surface area contributed by atoms with Crippen molar-refractivity contribution in [2.45, 2.75) is 19.1 Å². The highest BCUT2D eigenvalue weighted by molar-refractivity contribution is 7.09. The van der Waals surface area contributed by atoms with Crippen LogP contribution in [0.15, 0.2) is 0 Å². The minimum atomic E-state index is -4.82. The molecule has 0 rings (SSSR count). The SMILES string of the molecule is CC(COP)NC(=O)C(F)(F)F. The Morgan fingerprint density at radius 1 is 1.67 bits per heavy atom. The molecule has 0 spiro atoms. The van der Waals surface area contributed by atoms with E-state index in [2.05, 4.69) is 4.52 Å². The fourth-order valence-corrected chi connectivity index (χ4v) is 0.780. The summed E-state index contributed by atoms with van der Waals surface area (Å²) in [5.41, 5.74) is 0. The van der Waals surface area contributed by atoms with E-state index in [4.69, 9.17) is 0 Å². The second-order valence-corrected chi connectivity index (χ2v) is 2.54. The monoisotopic (exact) mass is 203 g/mol. The molecule has 3 nitrogen and oxygen atoms in total.